The van der Waals surface area contributed by atoms with Crippen LogP contribution in [0.3, 0.4) is 0 Å². The first-order valence-corrected chi connectivity index (χ1v) is 15.1. The van der Waals surface area contributed by atoms with Crippen molar-refractivity contribution in [1.82, 2.24) is 15.2 Å². The van der Waals surface area contributed by atoms with Gasteiger partial charge in [0.1, 0.15) is 11.9 Å². The fourth-order valence-corrected chi connectivity index (χ4v) is 5.25. The van der Waals surface area contributed by atoms with Gasteiger partial charge in [-0.1, -0.05) is 80.1 Å². The lowest BCUT2D eigenvalue weighted by Gasteiger charge is -2.25. The Morgan fingerprint density at radius 3 is 2.30 bits per heavy atom. The van der Waals surface area contributed by atoms with Gasteiger partial charge >= 0.3 is 6.18 Å². The summed E-state index contributed by atoms with van der Waals surface area (Å²) >= 11 is 0. The second kappa shape index (κ2) is 14.4. The third-order valence-electron chi connectivity index (χ3n) is 7.80. The minimum atomic E-state index is -4.44. The van der Waals surface area contributed by atoms with Crippen LogP contribution in [0.15, 0.2) is 109 Å². The number of nitrogens with zero attached hydrogens (tertiary/aromatic N) is 2. The molecule has 5 aromatic rings. The average Bonchev–Trinajstić information content (AvgIpc) is 3.07. The van der Waals surface area contributed by atoms with Gasteiger partial charge in [-0.25, -0.2) is 4.98 Å². The molecule has 0 radical (unpaired) electrons. The zero-order valence-electron chi connectivity index (χ0n) is 25.6. The van der Waals surface area contributed by atoms with E-state index in [2.05, 4.69) is 22.5 Å². The Morgan fingerprint density at radius 1 is 0.870 bits per heavy atom. The first-order valence-electron chi connectivity index (χ1n) is 15.1. The van der Waals surface area contributed by atoms with Crippen molar-refractivity contribution < 1.29 is 22.8 Å². The fourth-order valence-electron chi connectivity index (χ4n) is 5.25. The molecule has 9 heteroatoms. The smallest absolute Gasteiger partial charge is 0.344 e. The van der Waals surface area contributed by atoms with E-state index in [1.165, 1.54) is 12.1 Å². The first kappa shape index (κ1) is 32.4. The topological polar surface area (TPSA) is 74.3 Å². The Morgan fingerprint density at radius 2 is 1.59 bits per heavy atom. The van der Waals surface area contributed by atoms with Crippen LogP contribution >= 0.6 is 0 Å². The minimum absolute atomic E-state index is 0.0161. The Hall–Kier alpha value is -5.02. The molecule has 0 unspecified atom stereocenters. The van der Waals surface area contributed by atoms with Gasteiger partial charge in [-0.2, -0.15) is 13.2 Å². The van der Waals surface area contributed by atoms with Crippen molar-refractivity contribution >= 4 is 28.5 Å². The summed E-state index contributed by atoms with van der Waals surface area (Å²) in [6, 6.07) is 30.0. The molecule has 5 rings (SSSR count). The molecule has 2 amide bonds. The summed E-state index contributed by atoms with van der Waals surface area (Å²) in [5.41, 5.74) is 3.11. The minimum Gasteiger partial charge on any atom is -0.344 e. The van der Waals surface area contributed by atoms with Crippen molar-refractivity contribution in [3.63, 3.8) is 0 Å². The summed E-state index contributed by atoms with van der Waals surface area (Å²) in [4.78, 5) is 33.0. The summed E-state index contributed by atoms with van der Waals surface area (Å²) in [5.74, 6) is -0.0680. The van der Waals surface area contributed by atoms with Crippen LogP contribution in [0, 0.1) is 0 Å². The maximum absolute atomic E-state index is 13.3. The molecule has 236 valence electrons. The molecule has 1 aromatic heterocycles. The molecule has 0 bridgehead atoms. The quantitative estimate of drug-likeness (QED) is 0.155. The molecule has 0 saturated carbocycles. The van der Waals surface area contributed by atoms with Gasteiger partial charge in [-0.3, -0.25) is 14.9 Å². The van der Waals surface area contributed by atoms with Crippen molar-refractivity contribution in [2.45, 2.75) is 38.5 Å². The molecule has 0 aliphatic carbocycles. The number of fused-ring (bicyclic) bond motifs is 1. The number of carbonyl (C=O) groups excluding carboxylic acids is 2. The van der Waals surface area contributed by atoms with Gasteiger partial charge in [0.15, 0.2) is 0 Å². The molecule has 1 atom stereocenters. The summed E-state index contributed by atoms with van der Waals surface area (Å²) < 4.78 is 39.1. The zero-order chi connectivity index (χ0) is 32.7. The van der Waals surface area contributed by atoms with Gasteiger partial charge < -0.3 is 10.2 Å². The Labute approximate surface area is 266 Å². The summed E-state index contributed by atoms with van der Waals surface area (Å²) in [6.45, 7) is 3.26. The highest BCUT2D eigenvalue weighted by molar-refractivity contribution is 6.08. The van der Waals surface area contributed by atoms with Crippen LogP contribution in [0.25, 0.3) is 22.0 Å². The molecular weight excluding hydrogens is 589 g/mol. The Bertz CT molecular complexity index is 1810. The number of aromatic nitrogens is 1. The molecule has 1 heterocycles. The molecular formula is C37H35F3N4O2. The number of likely N-dealkylation sites (N-methyl/N-ethyl adjacent to an activating group) is 1. The summed E-state index contributed by atoms with van der Waals surface area (Å²) in [5, 5.41) is 7.12. The van der Waals surface area contributed by atoms with Crippen LogP contribution in [0.2, 0.25) is 0 Å². The van der Waals surface area contributed by atoms with Crippen molar-refractivity contribution in [3.8, 4) is 11.1 Å². The van der Waals surface area contributed by atoms with E-state index in [4.69, 9.17) is 0 Å². The molecule has 46 heavy (non-hydrogen) atoms. The first-order chi connectivity index (χ1) is 22.1. The predicted molar refractivity (Wildman–Crippen MR) is 175 cm³/mol. The number of halogens is 3. The number of carbonyl (C=O) groups is 2. The maximum atomic E-state index is 13.3. The highest BCUT2D eigenvalue weighted by Crippen LogP contribution is 2.32. The van der Waals surface area contributed by atoms with E-state index >= 15 is 0 Å². The molecule has 0 spiro atoms. The highest BCUT2D eigenvalue weighted by atomic mass is 19.4. The van der Waals surface area contributed by atoms with Crippen LogP contribution < -0.4 is 10.6 Å². The van der Waals surface area contributed by atoms with E-state index in [0.29, 0.717) is 41.1 Å². The van der Waals surface area contributed by atoms with E-state index in [-0.39, 0.29) is 5.91 Å². The van der Waals surface area contributed by atoms with E-state index in [9.17, 15) is 22.8 Å². The monoisotopic (exact) mass is 624 g/mol. The van der Waals surface area contributed by atoms with Crippen LogP contribution in [-0.4, -0.2) is 35.3 Å². The number of hydrogen-bond acceptors (Lipinski definition) is 4. The highest BCUT2D eigenvalue weighted by Gasteiger charge is 2.30. The third kappa shape index (κ3) is 7.79. The second-order valence-electron chi connectivity index (χ2n) is 11.1. The van der Waals surface area contributed by atoms with E-state index in [0.717, 1.165) is 41.5 Å². The SMILES string of the molecule is CCCCN(C)C(=O)[C@@H](NCc1ccc2nc(NC(=O)c3ccccc3-c3ccc(C(F)(F)F)cc3)ccc2c1)c1ccccc1. The molecule has 0 saturated heterocycles. The molecule has 0 aliphatic heterocycles. The number of benzene rings is 4. The number of amides is 2. The number of pyridine rings is 1. The molecule has 0 aliphatic rings. The molecule has 0 fully saturated rings. The number of alkyl halides is 3. The number of hydrogen-bond donors (Lipinski definition) is 2. The van der Waals surface area contributed by atoms with Crippen molar-refractivity contribution in [1.29, 1.82) is 0 Å². The van der Waals surface area contributed by atoms with E-state index in [1.54, 1.807) is 35.2 Å². The van der Waals surface area contributed by atoms with E-state index < -0.39 is 23.7 Å². The standard InChI is InChI=1S/C37H35F3N4O2/c1-3-4-22-44(2)36(46)34(27-10-6-5-7-11-27)41-24-25-14-20-32-28(23-25)17-21-33(42-32)43-35(45)31-13-9-8-12-30(31)26-15-18-29(19-16-26)37(38,39)40/h5-21,23,34,41H,3-4,22,24H2,1-2H3,(H,42,43,45)/t34-/m0/s1. The molecule has 6 nitrogen and oxygen atoms in total. The van der Waals surface area contributed by atoms with Crippen LogP contribution in [0.4, 0.5) is 19.0 Å². The lowest BCUT2D eigenvalue weighted by molar-refractivity contribution is -0.137. The van der Waals surface area contributed by atoms with Gasteiger partial charge in [-0.05, 0) is 71.1 Å². The van der Waals surface area contributed by atoms with Crippen molar-refractivity contribution in [2.24, 2.45) is 0 Å². The number of anilines is 1. The van der Waals surface area contributed by atoms with E-state index in [1.807, 2.05) is 61.6 Å². The van der Waals surface area contributed by atoms with Gasteiger partial charge in [0.05, 0.1) is 11.1 Å². The average molecular weight is 625 g/mol. The van der Waals surface area contributed by atoms with Crippen molar-refractivity contribution in [3.05, 3.63) is 131 Å². The van der Waals surface area contributed by atoms with Gasteiger partial charge in [0.2, 0.25) is 5.91 Å². The van der Waals surface area contributed by atoms with Gasteiger partial charge in [0, 0.05) is 31.1 Å². The maximum Gasteiger partial charge on any atom is 0.416 e. The normalized spacial score (nSPS) is 12.1. The Kier molecular flexibility index (Phi) is 10.1. The number of rotatable bonds is 11. The second-order valence-corrected chi connectivity index (χ2v) is 11.1. The zero-order valence-corrected chi connectivity index (χ0v) is 25.6. The number of unbranched alkanes of at least 4 members (excludes halogenated alkanes) is 1. The van der Waals surface area contributed by atoms with Gasteiger partial charge in [-0.15, -0.1) is 0 Å². The van der Waals surface area contributed by atoms with Crippen LogP contribution in [-0.2, 0) is 17.5 Å². The Balaban J connectivity index is 1.29. The molecule has 2 N–H and O–H groups in total. The number of nitrogens with one attached hydrogen (secondary N) is 2. The van der Waals surface area contributed by atoms with Gasteiger partial charge in [0.25, 0.3) is 5.91 Å². The summed E-state index contributed by atoms with van der Waals surface area (Å²) in [6.07, 6.45) is -2.49. The predicted octanol–water partition coefficient (Wildman–Crippen LogP) is 8.26. The third-order valence-corrected chi connectivity index (χ3v) is 7.80. The lowest BCUT2D eigenvalue weighted by atomic mass is 9.98. The summed E-state index contributed by atoms with van der Waals surface area (Å²) in [7, 11) is 1.83. The van der Waals surface area contributed by atoms with Crippen LogP contribution in [0.1, 0.15) is 52.9 Å². The van der Waals surface area contributed by atoms with Crippen LogP contribution in [0.5, 0.6) is 0 Å². The van der Waals surface area contributed by atoms with Crippen molar-refractivity contribution in [2.75, 3.05) is 18.9 Å². The molecule has 4 aromatic carbocycles. The fraction of sp³-hybridized carbons (Fsp3) is 0.216. The lowest BCUT2D eigenvalue weighted by Crippen LogP contribution is -2.39. The largest absolute Gasteiger partial charge is 0.416 e.